The molecule has 1 N–H and O–H groups in total. The average Bonchev–Trinajstić information content (AvgIpc) is 1.77. The summed E-state index contributed by atoms with van der Waals surface area (Å²) in [7, 11) is 0. The molecular formula is C5H4NO2. The second-order valence-corrected chi connectivity index (χ2v) is 1.39. The SMILES string of the molecule is O=C1[C]=NC=CC1O. The van der Waals surface area contributed by atoms with Crippen LogP contribution < -0.4 is 0 Å². The van der Waals surface area contributed by atoms with Gasteiger partial charge in [0.15, 0.2) is 0 Å². The molecule has 1 aliphatic rings. The lowest BCUT2D eigenvalue weighted by Crippen LogP contribution is -2.20. The van der Waals surface area contributed by atoms with Crippen LogP contribution >= 0.6 is 0 Å². The standard InChI is InChI=1S/C5H4NO2/c7-4-1-2-6-3-5(4)8/h1-2,4,7H. The molecule has 0 saturated heterocycles. The maximum Gasteiger partial charge on any atom is 0.215 e. The molecule has 3 heteroatoms. The molecule has 0 saturated carbocycles. The largest absolute Gasteiger partial charge is 0.381 e. The summed E-state index contributed by atoms with van der Waals surface area (Å²) in [6, 6.07) is 0. The first kappa shape index (κ1) is 5.18. The van der Waals surface area contributed by atoms with E-state index in [2.05, 4.69) is 11.2 Å². The zero-order valence-electron chi connectivity index (χ0n) is 4.03. The van der Waals surface area contributed by atoms with Gasteiger partial charge in [0.25, 0.3) is 0 Å². The highest BCUT2D eigenvalue weighted by molar-refractivity contribution is 6.30. The molecule has 0 amide bonds. The zero-order chi connectivity index (χ0) is 5.98. The van der Waals surface area contributed by atoms with E-state index in [0.29, 0.717) is 0 Å². The van der Waals surface area contributed by atoms with Crippen LogP contribution in [0.2, 0.25) is 0 Å². The van der Waals surface area contributed by atoms with Gasteiger partial charge in [-0.2, -0.15) is 0 Å². The molecule has 0 aromatic carbocycles. The van der Waals surface area contributed by atoms with E-state index in [1.165, 1.54) is 12.3 Å². The summed E-state index contributed by atoms with van der Waals surface area (Å²) < 4.78 is 0. The number of aliphatic hydroxyl groups is 1. The normalized spacial score (nSPS) is 26.6. The zero-order valence-corrected chi connectivity index (χ0v) is 4.03. The Hall–Kier alpha value is -0.960. The quantitative estimate of drug-likeness (QED) is 0.452. The molecule has 0 aliphatic carbocycles. The summed E-state index contributed by atoms with van der Waals surface area (Å²) in [5.41, 5.74) is 0. The Morgan fingerprint density at radius 1 is 1.88 bits per heavy atom. The van der Waals surface area contributed by atoms with Crippen LogP contribution in [-0.2, 0) is 4.79 Å². The highest BCUT2D eigenvalue weighted by Crippen LogP contribution is 1.92. The van der Waals surface area contributed by atoms with Gasteiger partial charge in [-0.15, -0.1) is 0 Å². The first-order valence-corrected chi connectivity index (χ1v) is 2.15. The van der Waals surface area contributed by atoms with Crippen molar-refractivity contribution in [2.24, 2.45) is 4.99 Å². The van der Waals surface area contributed by atoms with Gasteiger partial charge in [-0.05, 0) is 6.08 Å². The number of carbonyl (C=O) groups excluding carboxylic acids is 1. The van der Waals surface area contributed by atoms with E-state index in [0.717, 1.165) is 0 Å². The van der Waals surface area contributed by atoms with Crippen molar-refractivity contribution in [2.75, 3.05) is 0 Å². The molecule has 0 aromatic rings. The minimum atomic E-state index is -1.02. The van der Waals surface area contributed by atoms with Gasteiger partial charge in [0.2, 0.25) is 5.78 Å². The lowest BCUT2D eigenvalue weighted by Gasteiger charge is -1.99. The molecule has 0 bridgehead atoms. The van der Waals surface area contributed by atoms with E-state index in [-0.39, 0.29) is 0 Å². The van der Waals surface area contributed by atoms with Crippen molar-refractivity contribution >= 4 is 12.0 Å². The van der Waals surface area contributed by atoms with E-state index in [4.69, 9.17) is 5.11 Å². The molecule has 1 unspecified atom stereocenters. The topological polar surface area (TPSA) is 49.7 Å². The first-order valence-electron chi connectivity index (χ1n) is 2.15. The molecule has 1 atom stereocenters. The third kappa shape index (κ3) is 0.816. The molecule has 0 aromatic heterocycles. The third-order valence-corrected chi connectivity index (χ3v) is 0.786. The maximum atomic E-state index is 10.3. The fraction of sp³-hybridized carbons (Fsp3) is 0.200. The number of hydrogen-bond acceptors (Lipinski definition) is 3. The molecule has 1 rings (SSSR count). The van der Waals surface area contributed by atoms with Crippen molar-refractivity contribution in [3.05, 3.63) is 12.3 Å². The van der Waals surface area contributed by atoms with Crippen molar-refractivity contribution in [1.29, 1.82) is 0 Å². The number of ketones is 1. The van der Waals surface area contributed by atoms with Crippen molar-refractivity contribution < 1.29 is 9.90 Å². The number of aliphatic hydroxyl groups excluding tert-OH is 1. The van der Waals surface area contributed by atoms with Gasteiger partial charge in [0, 0.05) is 6.20 Å². The summed E-state index contributed by atoms with van der Waals surface area (Å²) in [6.45, 7) is 0. The van der Waals surface area contributed by atoms with Gasteiger partial charge < -0.3 is 5.11 Å². The van der Waals surface area contributed by atoms with E-state index < -0.39 is 11.9 Å². The summed E-state index contributed by atoms with van der Waals surface area (Å²) in [4.78, 5) is 13.7. The summed E-state index contributed by atoms with van der Waals surface area (Å²) in [5, 5.41) is 8.62. The van der Waals surface area contributed by atoms with Crippen LogP contribution in [0.1, 0.15) is 0 Å². The van der Waals surface area contributed by atoms with Crippen molar-refractivity contribution in [3.8, 4) is 0 Å². The minimum Gasteiger partial charge on any atom is -0.381 e. The van der Waals surface area contributed by atoms with Crippen LogP contribution in [0.5, 0.6) is 0 Å². The lowest BCUT2D eigenvalue weighted by molar-refractivity contribution is -0.118. The lowest BCUT2D eigenvalue weighted by atomic mass is 10.2. The van der Waals surface area contributed by atoms with Gasteiger partial charge in [-0.3, -0.25) is 9.79 Å². The van der Waals surface area contributed by atoms with Crippen LogP contribution in [0.4, 0.5) is 0 Å². The second-order valence-electron chi connectivity index (χ2n) is 1.39. The Labute approximate surface area is 46.4 Å². The van der Waals surface area contributed by atoms with Crippen LogP contribution in [0, 0.1) is 0 Å². The van der Waals surface area contributed by atoms with Crippen molar-refractivity contribution in [1.82, 2.24) is 0 Å². The monoisotopic (exact) mass is 110 g/mol. The molecule has 41 valence electrons. The van der Waals surface area contributed by atoms with Crippen LogP contribution in [0.3, 0.4) is 0 Å². The molecule has 3 nitrogen and oxygen atoms in total. The van der Waals surface area contributed by atoms with Crippen molar-refractivity contribution in [3.63, 3.8) is 0 Å². The van der Waals surface area contributed by atoms with E-state index in [1.54, 1.807) is 0 Å². The number of aliphatic imine (C=N–C) groups is 1. The van der Waals surface area contributed by atoms with Gasteiger partial charge in [0.05, 0.1) is 0 Å². The molecule has 1 aliphatic heterocycles. The fourth-order valence-electron chi connectivity index (χ4n) is 0.379. The summed E-state index contributed by atoms with van der Waals surface area (Å²) >= 11 is 0. The van der Waals surface area contributed by atoms with Crippen LogP contribution in [-0.4, -0.2) is 23.2 Å². The second kappa shape index (κ2) is 1.88. The number of hydrogen-bond donors (Lipinski definition) is 1. The Kier molecular flexibility index (Phi) is 1.22. The molecule has 0 spiro atoms. The predicted octanol–water partition coefficient (Wildman–Crippen LogP) is -0.609. The highest BCUT2D eigenvalue weighted by Gasteiger charge is 2.10. The van der Waals surface area contributed by atoms with Gasteiger partial charge >= 0.3 is 0 Å². The molecular weight excluding hydrogens is 106 g/mol. The van der Waals surface area contributed by atoms with Gasteiger partial charge in [-0.1, -0.05) is 0 Å². The molecule has 1 heterocycles. The number of nitrogens with zero attached hydrogens (tertiary/aromatic N) is 1. The summed E-state index contributed by atoms with van der Waals surface area (Å²) in [5.74, 6) is -0.479. The predicted molar refractivity (Wildman–Crippen MR) is 27.6 cm³/mol. The maximum absolute atomic E-state index is 10.3. The number of carbonyl (C=O) groups is 1. The molecule has 1 radical (unpaired) electrons. The first-order chi connectivity index (χ1) is 3.80. The third-order valence-electron chi connectivity index (χ3n) is 0.786. The fourth-order valence-corrected chi connectivity index (χ4v) is 0.379. The van der Waals surface area contributed by atoms with Crippen molar-refractivity contribution in [2.45, 2.75) is 6.10 Å². The van der Waals surface area contributed by atoms with E-state index in [9.17, 15) is 4.79 Å². The Morgan fingerprint density at radius 3 is 3.00 bits per heavy atom. The van der Waals surface area contributed by atoms with E-state index >= 15 is 0 Å². The van der Waals surface area contributed by atoms with E-state index in [1.807, 2.05) is 0 Å². The number of rotatable bonds is 0. The Balaban J connectivity index is 2.74. The number of Topliss-reactive ketones (excluding diaryl/α,β-unsaturated/α-hetero) is 1. The smallest absolute Gasteiger partial charge is 0.215 e. The van der Waals surface area contributed by atoms with Crippen LogP contribution in [0.25, 0.3) is 0 Å². The molecule has 8 heavy (non-hydrogen) atoms. The van der Waals surface area contributed by atoms with Crippen LogP contribution in [0.15, 0.2) is 17.3 Å². The average molecular weight is 110 g/mol. The molecule has 0 fully saturated rings. The Morgan fingerprint density at radius 2 is 2.62 bits per heavy atom. The van der Waals surface area contributed by atoms with Gasteiger partial charge in [-0.25, -0.2) is 0 Å². The summed E-state index contributed by atoms with van der Waals surface area (Å²) in [6.07, 6.45) is 3.70. The van der Waals surface area contributed by atoms with Gasteiger partial charge in [0.1, 0.15) is 12.3 Å². The Bertz CT molecular complexity index is 160. The minimum absolute atomic E-state index is 0.479. The highest BCUT2D eigenvalue weighted by atomic mass is 16.3.